The molecule has 4 saturated carbocycles. The molecule has 37 heavy (non-hydrogen) atoms. The lowest BCUT2D eigenvalue weighted by Gasteiger charge is -2.63. The Bertz CT molecular complexity index is 898. The van der Waals surface area contributed by atoms with Crippen LogP contribution >= 0.6 is 0 Å². The van der Waals surface area contributed by atoms with Crippen molar-refractivity contribution in [1.29, 1.82) is 0 Å². The van der Waals surface area contributed by atoms with Crippen molar-refractivity contribution < 1.29 is 42.7 Å². The molecule has 0 bridgehead atoms. The van der Waals surface area contributed by atoms with Crippen molar-refractivity contribution in [1.82, 2.24) is 0 Å². The standard InChI is InChI=1S/C27H48O9S/c1-15(4-7-22(30)16(13-28)14-36-37(33,34)35)19-5-6-20-25-21(12-24(32)27(19,20)3)26(2)9-8-18(29)10-17(26)11-23(25)31/h15-25,28-32H,4-14H2,1-3H3,(H,33,34,35)/t15-,16-,17+,18-,19-,20?,21?,22-,23?,24+,25?,26+,27-/m1/s1. The zero-order valence-corrected chi connectivity index (χ0v) is 23.3. The van der Waals surface area contributed by atoms with Gasteiger partial charge in [-0.3, -0.25) is 4.55 Å². The first-order chi connectivity index (χ1) is 17.2. The van der Waals surface area contributed by atoms with E-state index in [1.54, 1.807) is 0 Å². The summed E-state index contributed by atoms with van der Waals surface area (Å²) in [5.74, 6) is 0.439. The van der Waals surface area contributed by atoms with Crippen molar-refractivity contribution in [2.24, 2.45) is 52.3 Å². The van der Waals surface area contributed by atoms with Gasteiger partial charge in [0.25, 0.3) is 0 Å². The molecule has 0 radical (unpaired) electrons. The summed E-state index contributed by atoms with van der Waals surface area (Å²) < 4.78 is 34.9. The van der Waals surface area contributed by atoms with E-state index in [0.717, 1.165) is 38.5 Å². The summed E-state index contributed by atoms with van der Waals surface area (Å²) in [7, 11) is -4.65. The van der Waals surface area contributed by atoms with Crippen LogP contribution in [0.2, 0.25) is 0 Å². The third-order valence-electron chi connectivity index (χ3n) is 11.6. The van der Waals surface area contributed by atoms with Crippen molar-refractivity contribution in [3.63, 3.8) is 0 Å². The zero-order chi connectivity index (χ0) is 27.3. The highest BCUT2D eigenvalue weighted by Crippen LogP contribution is 2.68. The second kappa shape index (κ2) is 10.9. The molecule has 0 aromatic rings. The highest BCUT2D eigenvalue weighted by molar-refractivity contribution is 7.80. The van der Waals surface area contributed by atoms with Crippen LogP contribution in [0.15, 0.2) is 0 Å². The number of aliphatic hydroxyl groups is 5. The van der Waals surface area contributed by atoms with Crippen molar-refractivity contribution in [2.45, 2.75) is 103 Å². The van der Waals surface area contributed by atoms with E-state index in [-0.39, 0.29) is 52.4 Å². The van der Waals surface area contributed by atoms with Gasteiger partial charge >= 0.3 is 10.4 Å². The fourth-order valence-electron chi connectivity index (χ4n) is 9.46. The van der Waals surface area contributed by atoms with E-state index in [0.29, 0.717) is 19.3 Å². The molecular weight excluding hydrogens is 500 g/mol. The Kier molecular flexibility index (Phi) is 8.75. The summed E-state index contributed by atoms with van der Waals surface area (Å²) in [6.07, 6.45) is 4.54. The second-order valence-electron chi connectivity index (χ2n) is 13.3. The quantitative estimate of drug-likeness (QED) is 0.237. The number of fused-ring (bicyclic) bond motifs is 5. The molecule has 0 aromatic heterocycles. The first-order valence-electron chi connectivity index (χ1n) is 14.2. The van der Waals surface area contributed by atoms with E-state index < -0.39 is 47.8 Å². The van der Waals surface area contributed by atoms with Gasteiger partial charge in [0.15, 0.2) is 0 Å². The fraction of sp³-hybridized carbons (Fsp3) is 1.00. The normalized spacial score (nSPS) is 46.4. The van der Waals surface area contributed by atoms with Gasteiger partial charge in [0.2, 0.25) is 0 Å². The Balaban J connectivity index is 1.45. The summed E-state index contributed by atoms with van der Waals surface area (Å²) in [6, 6.07) is 0. The van der Waals surface area contributed by atoms with Gasteiger partial charge < -0.3 is 25.5 Å². The molecule has 0 amide bonds. The van der Waals surface area contributed by atoms with Gasteiger partial charge in [0, 0.05) is 5.92 Å². The minimum Gasteiger partial charge on any atom is -0.396 e. The number of hydrogen-bond acceptors (Lipinski definition) is 8. The van der Waals surface area contributed by atoms with Gasteiger partial charge in [-0.05, 0) is 104 Å². The summed E-state index contributed by atoms with van der Waals surface area (Å²) in [5.41, 5.74) is -0.309. The molecule has 13 atom stereocenters. The van der Waals surface area contributed by atoms with Gasteiger partial charge in [-0.2, -0.15) is 8.42 Å². The molecule has 4 unspecified atom stereocenters. The molecular formula is C27H48O9S. The van der Waals surface area contributed by atoms with Crippen LogP contribution in [0.1, 0.15) is 78.6 Å². The maximum atomic E-state index is 11.7. The Labute approximate surface area is 221 Å². The average molecular weight is 549 g/mol. The van der Waals surface area contributed by atoms with Crippen molar-refractivity contribution in [3.05, 3.63) is 0 Å². The van der Waals surface area contributed by atoms with Crippen LogP contribution in [-0.2, 0) is 14.6 Å². The maximum absolute atomic E-state index is 11.7. The van der Waals surface area contributed by atoms with E-state index in [4.69, 9.17) is 4.55 Å². The average Bonchev–Trinajstić information content (AvgIpc) is 3.17. The van der Waals surface area contributed by atoms with E-state index in [1.807, 2.05) is 0 Å². The minimum absolute atomic E-state index is 0.0304. The van der Waals surface area contributed by atoms with Crippen LogP contribution in [0, 0.1) is 52.3 Å². The largest absolute Gasteiger partial charge is 0.397 e. The van der Waals surface area contributed by atoms with Crippen LogP contribution in [0.4, 0.5) is 0 Å². The van der Waals surface area contributed by atoms with Crippen LogP contribution in [0.3, 0.4) is 0 Å². The maximum Gasteiger partial charge on any atom is 0.397 e. The molecule has 4 rings (SSSR count). The molecule has 10 heteroatoms. The minimum atomic E-state index is -4.65. The molecule has 0 heterocycles. The Hall–Kier alpha value is -0.330. The first-order valence-corrected chi connectivity index (χ1v) is 15.5. The Morgan fingerprint density at radius 2 is 1.70 bits per heavy atom. The second-order valence-corrected chi connectivity index (χ2v) is 14.4. The van der Waals surface area contributed by atoms with Crippen molar-refractivity contribution >= 4 is 10.4 Å². The van der Waals surface area contributed by atoms with Crippen molar-refractivity contribution in [2.75, 3.05) is 13.2 Å². The van der Waals surface area contributed by atoms with Gasteiger partial charge in [-0.25, -0.2) is 4.18 Å². The lowest BCUT2D eigenvalue weighted by molar-refractivity contribution is -0.207. The summed E-state index contributed by atoms with van der Waals surface area (Å²) in [5, 5.41) is 53.5. The van der Waals surface area contributed by atoms with Gasteiger partial charge in [-0.1, -0.05) is 20.8 Å². The van der Waals surface area contributed by atoms with E-state index in [9.17, 15) is 34.0 Å². The van der Waals surface area contributed by atoms with Crippen LogP contribution < -0.4 is 0 Å². The lowest BCUT2D eigenvalue weighted by atomic mass is 9.43. The third kappa shape index (κ3) is 5.51. The first kappa shape index (κ1) is 29.6. The molecule has 6 N–H and O–H groups in total. The van der Waals surface area contributed by atoms with E-state index in [2.05, 4.69) is 25.0 Å². The highest BCUT2D eigenvalue weighted by Gasteiger charge is 2.65. The van der Waals surface area contributed by atoms with E-state index >= 15 is 0 Å². The smallest absolute Gasteiger partial charge is 0.396 e. The summed E-state index contributed by atoms with van der Waals surface area (Å²) >= 11 is 0. The van der Waals surface area contributed by atoms with E-state index in [1.165, 1.54) is 0 Å². The van der Waals surface area contributed by atoms with Crippen LogP contribution in [0.5, 0.6) is 0 Å². The van der Waals surface area contributed by atoms with Gasteiger partial charge in [-0.15, -0.1) is 0 Å². The molecule has 4 aliphatic rings. The molecule has 0 aliphatic heterocycles. The molecule has 9 nitrogen and oxygen atoms in total. The number of aliphatic hydroxyl groups excluding tert-OH is 5. The van der Waals surface area contributed by atoms with Crippen LogP contribution in [-0.4, -0.2) is 76.1 Å². The summed E-state index contributed by atoms with van der Waals surface area (Å²) in [4.78, 5) is 0. The van der Waals surface area contributed by atoms with Gasteiger partial charge in [0.1, 0.15) is 0 Å². The van der Waals surface area contributed by atoms with Gasteiger partial charge in [0.05, 0.1) is 37.6 Å². The number of rotatable bonds is 9. The molecule has 0 spiro atoms. The molecule has 4 fully saturated rings. The zero-order valence-electron chi connectivity index (χ0n) is 22.4. The predicted octanol–water partition coefficient (Wildman–Crippen LogP) is 2.15. The Morgan fingerprint density at radius 1 is 1.00 bits per heavy atom. The van der Waals surface area contributed by atoms with Crippen LogP contribution in [0.25, 0.3) is 0 Å². The van der Waals surface area contributed by atoms with Crippen molar-refractivity contribution in [3.8, 4) is 0 Å². The molecule has 4 aliphatic carbocycles. The lowest BCUT2D eigenvalue weighted by Crippen LogP contribution is -2.62. The SMILES string of the molecule is C[C@H](CC[C@@H](O)[C@H](CO)COS(=O)(=O)O)[C@H]1CCC2C3C(O)C[C@@H]4C[C@H](O)CC[C@]4(C)C3C[C@H](O)[C@@]21C. The molecule has 216 valence electrons. The number of hydrogen-bond donors (Lipinski definition) is 6. The third-order valence-corrected chi connectivity index (χ3v) is 12.1. The topological polar surface area (TPSA) is 165 Å². The summed E-state index contributed by atoms with van der Waals surface area (Å²) in [6.45, 7) is 5.67. The Morgan fingerprint density at radius 3 is 2.35 bits per heavy atom. The highest BCUT2D eigenvalue weighted by atomic mass is 32.3. The monoisotopic (exact) mass is 548 g/mol. The molecule has 0 saturated heterocycles. The fourth-order valence-corrected chi connectivity index (χ4v) is 9.81. The molecule has 0 aromatic carbocycles. The predicted molar refractivity (Wildman–Crippen MR) is 136 cm³/mol.